The van der Waals surface area contributed by atoms with Crippen molar-refractivity contribution < 1.29 is 18.7 Å². The Morgan fingerprint density at radius 2 is 1.78 bits per heavy atom. The molecule has 0 aromatic heterocycles. The molecule has 0 saturated heterocycles. The summed E-state index contributed by atoms with van der Waals surface area (Å²) < 4.78 is 23.4. The number of halogens is 1. The van der Waals surface area contributed by atoms with E-state index < -0.39 is 0 Å². The lowest BCUT2D eigenvalue weighted by Crippen LogP contribution is -2.23. The lowest BCUT2D eigenvalue weighted by atomic mass is 10.2. The number of hydrogen-bond acceptors (Lipinski definition) is 3. The van der Waals surface area contributed by atoms with Gasteiger partial charge in [0.1, 0.15) is 12.4 Å². The van der Waals surface area contributed by atoms with E-state index in [1.165, 1.54) is 24.3 Å². The van der Waals surface area contributed by atoms with Crippen LogP contribution < -0.4 is 14.8 Å². The highest BCUT2D eigenvalue weighted by Crippen LogP contribution is 2.25. The quantitative estimate of drug-likeness (QED) is 0.863. The van der Waals surface area contributed by atoms with Gasteiger partial charge in [0.05, 0.1) is 13.7 Å². The lowest BCUT2D eigenvalue weighted by Gasteiger charge is -2.07. The van der Waals surface area contributed by atoms with Gasteiger partial charge in [-0.05, 0) is 36.4 Å². The first-order chi connectivity index (χ1) is 11.2. The van der Waals surface area contributed by atoms with Gasteiger partial charge in [-0.1, -0.05) is 24.0 Å². The summed E-state index contributed by atoms with van der Waals surface area (Å²) in [6, 6.07) is 12.6. The Morgan fingerprint density at radius 1 is 1.09 bits per heavy atom. The Hall–Kier alpha value is -3.00. The maximum atomic E-state index is 12.8. The van der Waals surface area contributed by atoms with E-state index in [-0.39, 0.29) is 24.9 Å². The van der Waals surface area contributed by atoms with E-state index >= 15 is 0 Å². The summed E-state index contributed by atoms with van der Waals surface area (Å²) >= 11 is 0. The lowest BCUT2D eigenvalue weighted by molar-refractivity contribution is 0.0958. The molecule has 1 amide bonds. The average molecular weight is 313 g/mol. The monoisotopic (exact) mass is 313 g/mol. The maximum absolute atomic E-state index is 12.8. The molecule has 0 aliphatic rings. The highest BCUT2D eigenvalue weighted by molar-refractivity contribution is 5.94. The summed E-state index contributed by atoms with van der Waals surface area (Å²) in [5, 5.41) is 2.62. The minimum absolute atomic E-state index is 0.186. The van der Waals surface area contributed by atoms with E-state index in [0.717, 1.165) is 0 Å². The maximum Gasteiger partial charge on any atom is 0.252 e. The van der Waals surface area contributed by atoms with Gasteiger partial charge in [0.2, 0.25) is 0 Å². The number of para-hydroxylation sites is 2. The van der Waals surface area contributed by atoms with Gasteiger partial charge in [0.15, 0.2) is 11.5 Å². The molecule has 0 saturated carbocycles. The number of carbonyl (C=O) groups is 1. The number of methoxy groups -OCH3 is 1. The van der Waals surface area contributed by atoms with Crippen LogP contribution in [0.5, 0.6) is 11.5 Å². The zero-order valence-corrected chi connectivity index (χ0v) is 12.6. The van der Waals surface area contributed by atoms with Crippen molar-refractivity contribution in [1.82, 2.24) is 5.32 Å². The van der Waals surface area contributed by atoms with Crippen LogP contribution in [0.1, 0.15) is 10.4 Å². The number of carbonyl (C=O) groups excluding carboxylic acids is 1. The van der Waals surface area contributed by atoms with E-state index in [0.29, 0.717) is 17.1 Å². The molecule has 23 heavy (non-hydrogen) atoms. The van der Waals surface area contributed by atoms with Crippen molar-refractivity contribution in [2.45, 2.75) is 0 Å². The molecule has 5 heteroatoms. The van der Waals surface area contributed by atoms with Crippen molar-refractivity contribution in [2.24, 2.45) is 0 Å². The van der Waals surface area contributed by atoms with Crippen molar-refractivity contribution in [1.29, 1.82) is 0 Å². The van der Waals surface area contributed by atoms with E-state index in [1.54, 1.807) is 19.2 Å². The second-order valence-corrected chi connectivity index (χ2v) is 4.48. The van der Waals surface area contributed by atoms with Crippen LogP contribution in [0.4, 0.5) is 4.39 Å². The summed E-state index contributed by atoms with van der Waals surface area (Å²) in [5.41, 5.74) is 0.387. The largest absolute Gasteiger partial charge is 0.493 e. The highest BCUT2D eigenvalue weighted by atomic mass is 19.1. The fourth-order valence-electron chi connectivity index (χ4n) is 1.79. The van der Waals surface area contributed by atoms with E-state index in [2.05, 4.69) is 17.2 Å². The molecule has 2 aromatic carbocycles. The summed E-state index contributed by atoms with van der Waals surface area (Å²) in [4.78, 5) is 11.7. The molecular weight excluding hydrogens is 297 g/mol. The van der Waals surface area contributed by atoms with Crippen molar-refractivity contribution in [3.05, 3.63) is 59.9 Å². The predicted octanol–water partition coefficient (Wildman–Crippen LogP) is 2.65. The van der Waals surface area contributed by atoms with Crippen molar-refractivity contribution in [3.8, 4) is 23.3 Å². The van der Waals surface area contributed by atoms with Crippen LogP contribution in [0.15, 0.2) is 48.5 Å². The number of nitrogens with one attached hydrogen (secondary N) is 1. The molecule has 0 unspecified atom stereocenters. The molecular formula is C18H16FNO3. The van der Waals surface area contributed by atoms with Gasteiger partial charge >= 0.3 is 0 Å². The van der Waals surface area contributed by atoms with Gasteiger partial charge in [0, 0.05) is 5.56 Å². The van der Waals surface area contributed by atoms with Gasteiger partial charge in [-0.25, -0.2) is 4.39 Å². The first-order valence-corrected chi connectivity index (χ1v) is 6.96. The minimum Gasteiger partial charge on any atom is -0.493 e. The van der Waals surface area contributed by atoms with E-state index in [4.69, 9.17) is 9.47 Å². The molecule has 2 aromatic rings. The topological polar surface area (TPSA) is 47.6 Å². The third-order valence-electron chi connectivity index (χ3n) is 2.94. The van der Waals surface area contributed by atoms with E-state index in [1.807, 2.05) is 12.1 Å². The molecule has 0 aliphatic heterocycles. The van der Waals surface area contributed by atoms with Gasteiger partial charge < -0.3 is 14.8 Å². The fourth-order valence-corrected chi connectivity index (χ4v) is 1.79. The van der Waals surface area contributed by atoms with E-state index in [9.17, 15) is 9.18 Å². The van der Waals surface area contributed by atoms with Crippen molar-refractivity contribution in [3.63, 3.8) is 0 Å². The molecule has 2 rings (SSSR count). The summed E-state index contributed by atoms with van der Waals surface area (Å²) in [5.74, 6) is 6.15. The molecule has 0 radical (unpaired) electrons. The van der Waals surface area contributed by atoms with Crippen LogP contribution in [0.3, 0.4) is 0 Å². The summed E-state index contributed by atoms with van der Waals surface area (Å²) in [6.07, 6.45) is 0. The Labute approximate surface area is 134 Å². The van der Waals surface area contributed by atoms with Crippen LogP contribution >= 0.6 is 0 Å². The molecule has 118 valence electrons. The first-order valence-electron chi connectivity index (χ1n) is 6.96. The molecule has 0 heterocycles. The number of rotatable bonds is 5. The normalized spacial score (nSPS) is 9.48. The molecule has 0 fully saturated rings. The molecule has 4 nitrogen and oxygen atoms in total. The molecule has 0 spiro atoms. The number of hydrogen-bond donors (Lipinski definition) is 1. The van der Waals surface area contributed by atoms with Crippen molar-refractivity contribution >= 4 is 5.91 Å². The first kappa shape index (κ1) is 16.4. The number of benzene rings is 2. The van der Waals surface area contributed by atoms with Crippen molar-refractivity contribution in [2.75, 3.05) is 20.3 Å². The van der Waals surface area contributed by atoms with Gasteiger partial charge in [0.25, 0.3) is 5.91 Å². The predicted molar refractivity (Wildman–Crippen MR) is 85.0 cm³/mol. The zero-order chi connectivity index (χ0) is 16.5. The van der Waals surface area contributed by atoms with Crippen LogP contribution in [0, 0.1) is 17.7 Å². The van der Waals surface area contributed by atoms with Crippen LogP contribution in [-0.2, 0) is 0 Å². The summed E-state index contributed by atoms with van der Waals surface area (Å²) in [7, 11) is 1.57. The fraction of sp³-hybridized carbons (Fsp3) is 0.167. The van der Waals surface area contributed by atoms with Crippen LogP contribution in [0.25, 0.3) is 0 Å². The molecule has 0 aliphatic carbocycles. The van der Waals surface area contributed by atoms with Gasteiger partial charge in [-0.2, -0.15) is 0 Å². The number of amides is 1. The smallest absolute Gasteiger partial charge is 0.252 e. The minimum atomic E-state index is -0.380. The Kier molecular flexibility index (Phi) is 6.01. The van der Waals surface area contributed by atoms with Crippen LogP contribution in [-0.4, -0.2) is 26.2 Å². The second kappa shape index (κ2) is 8.44. The number of ether oxygens (including phenoxy) is 2. The Morgan fingerprint density at radius 3 is 2.48 bits per heavy atom. The van der Waals surface area contributed by atoms with Gasteiger partial charge in [-0.3, -0.25) is 4.79 Å². The molecule has 0 atom stereocenters. The Balaban J connectivity index is 1.76. The molecule has 1 N–H and O–H groups in total. The second-order valence-electron chi connectivity index (χ2n) is 4.48. The van der Waals surface area contributed by atoms with Crippen LogP contribution in [0.2, 0.25) is 0 Å². The SMILES string of the molecule is COc1ccccc1OCC#CCNC(=O)c1ccc(F)cc1. The summed E-state index contributed by atoms with van der Waals surface area (Å²) in [6.45, 7) is 0.373. The zero-order valence-electron chi connectivity index (χ0n) is 12.6. The highest BCUT2D eigenvalue weighted by Gasteiger charge is 2.03. The third kappa shape index (κ3) is 5.04. The third-order valence-corrected chi connectivity index (χ3v) is 2.94. The average Bonchev–Trinajstić information content (AvgIpc) is 2.58. The Bertz CT molecular complexity index is 717. The van der Waals surface area contributed by atoms with Gasteiger partial charge in [-0.15, -0.1) is 0 Å². The molecule has 0 bridgehead atoms. The standard InChI is InChI=1S/C18H16FNO3/c1-22-16-6-2-3-7-17(16)23-13-5-4-12-20-18(21)14-8-10-15(19)11-9-14/h2-3,6-11H,12-13H2,1H3,(H,20,21).